The lowest BCUT2D eigenvalue weighted by Crippen LogP contribution is -2.31. The number of hydrogen-bond acceptors (Lipinski definition) is 4. The molecule has 5 nitrogen and oxygen atoms in total. The lowest BCUT2D eigenvalue weighted by molar-refractivity contribution is 0.0947. The number of halogens is 1. The number of carbonyl (C=O) groups is 2. The molecule has 0 saturated carbocycles. The van der Waals surface area contributed by atoms with Crippen LogP contribution in [0.1, 0.15) is 31.8 Å². The van der Waals surface area contributed by atoms with E-state index in [1.165, 1.54) is 11.8 Å². The Bertz CT molecular complexity index is 1460. The third-order valence-corrected chi connectivity index (χ3v) is 7.48. The molecular weight excluding hydrogens is 492 g/mol. The molecule has 0 aromatic heterocycles. The fourth-order valence-electron chi connectivity index (χ4n) is 4.09. The Morgan fingerprint density at radius 2 is 1.75 bits per heavy atom. The van der Waals surface area contributed by atoms with Crippen molar-refractivity contribution in [3.63, 3.8) is 0 Å². The third kappa shape index (κ3) is 4.96. The number of hydrogen-bond donors (Lipinski definition) is 1. The van der Waals surface area contributed by atoms with Gasteiger partial charge in [0, 0.05) is 26.9 Å². The van der Waals surface area contributed by atoms with Gasteiger partial charge in [0.25, 0.3) is 11.8 Å². The zero-order valence-electron chi connectivity index (χ0n) is 19.5. The zero-order valence-corrected chi connectivity index (χ0v) is 21.1. The molecule has 0 aliphatic carbocycles. The van der Waals surface area contributed by atoms with E-state index < -0.39 is 0 Å². The number of amides is 2. The first-order chi connectivity index (χ1) is 17.5. The minimum atomic E-state index is -0.238. The molecule has 2 amide bonds. The molecular formula is C29H23ClN2O3S. The van der Waals surface area contributed by atoms with Crippen LogP contribution in [0.15, 0.2) is 101 Å². The molecule has 0 radical (unpaired) electrons. The highest BCUT2D eigenvalue weighted by molar-refractivity contribution is 7.99. The second-order valence-electron chi connectivity index (χ2n) is 8.30. The van der Waals surface area contributed by atoms with E-state index in [4.69, 9.17) is 16.3 Å². The summed E-state index contributed by atoms with van der Waals surface area (Å²) in [6.07, 6.45) is 0. The Morgan fingerprint density at radius 3 is 2.58 bits per heavy atom. The summed E-state index contributed by atoms with van der Waals surface area (Å²) in [7, 11) is 1.62. The van der Waals surface area contributed by atoms with Crippen LogP contribution < -0.4 is 15.0 Å². The maximum atomic E-state index is 13.8. The first-order valence-corrected chi connectivity index (χ1v) is 12.6. The molecule has 0 saturated heterocycles. The van der Waals surface area contributed by atoms with E-state index in [0.29, 0.717) is 34.9 Å². The molecule has 7 heteroatoms. The lowest BCUT2D eigenvalue weighted by Gasteiger charge is -2.24. The summed E-state index contributed by atoms with van der Waals surface area (Å²) < 4.78 is 5.37. The van der Waals surface area contributed by atoms with Gasteiger partial charge in [0.05, 0.1) is 24.9 Å². The van der Waals surface area contributed by atoms with Gasteiger partial charge in [-0.15, -0.1) is 0 Å². The van der Waals surface area contributed by atoms with Gasteiger partial charge in [-0.25, -0.2) is 0 Å². The van der Waals surface area contributed by atoms with Crippen molar-refractivity contribution in [3.05, 3.63) is 118 Å². The molecule has 36 heavy (non-hydrogen) atoms. The fraction of sp³-hybridized carbons (Fsp3) is 0.103. The van der Waals surface area contributed by atoms with Crippen LogP contribution in [0.5, 0.6) is 5.75 Å². The van der Waals surface area contributed by atoms with E-state index in [9.17, 15) is 9.59 Å². The van der Waals surface area contributed by atoms with E-state index in [0.717, 1.165) is 26.7 Å². The minimum absolute atomic E-state index is 0.117. The largest absolute Gasteiger partial charge is 0.497 e. The number of ether oxygens (including phenoxy) is 1. The normalized spacial score (nSPS) is 12.4. The molecule has 0 atom stereocenters. The van der Waals surface area contributed by atoms with Crippen molar-refractivity contribution in [3.8, 4) is 5.75 Å². The summed E-state index contributed by atoms with van der Waals surface area (Å²) in [6.45, 7) is 0.644. The van der Waals surface area contributed by atoms with Crippen molar-refractivity contribution in [2.24, 2.45) is 0 Å². The van der Waals surface area contributed by atoms with Crippen molar-refractivity contribution < 1.29 is 14.3 Å². The zero-order chi connectivity index (χ0) is 25.1. The van der Waals surface area contributed by atoms with Crippen molar-refractivity contribution in [1.82, 2.24) is 5.32 Å². The van der Waals surface area contributed by atoms with E-state index in [1.54, 1.807) is 30.2 Å². The molecule has 4 aromatic rings. The summed E-state index contributed by atoms with van der Waals surface area (Å²) in [4.78, 5) is 30.3. The van der Waals surface area contributed by atoms with Gasteiger partial charge in [-0.1, -0.05) is 65.8 Å². The van der Waals surface area contributed by atoms with Gasteiger partial charge in [-0.3, -0.25) is 9.59 Å². The maximum absolute atomic E-state index is 13.8. The van der Waals surface area contributed by atoms with Gasteiger partial charge < -0.3 is 15.0 Å². The molecule has 1 heterocycles. The van der Waals surface area contributed by atoms with Crippen LogP contribution in [0.25, 0.3) is 0 Å². The highest BCUT2D eigenvalue weighted by atomic mass is 35.5. The van der Waals surface area contributed by atoms with Crippen molar-refractivity contribution >= 4 is 40.9 Å². The summed E-state index contributed by atoms with van der Waals surface area (Å²) >= 11 is 7.76. The number of carbonyl (C=O) groups excluding carboxylic acids is 2. The molecule has 1 aliphatic rings. The number of benzene rings is 4. The maximum Gasteiger partial charge on any atom is 0.259 e. The van der Waals surface area contributed by atoms with E-state index in [-0.39, 0.29) is 11.8 Å². The van der Waals surface area contributed by atoms with Gasteiger partial charge in [0.1, 0.15) is 5.75 Å². The van der Waals surface area contributed by atoms with Crippen LogP contribution in [0.2, 0.25) is 5.02 Å². The molecule has 0 unspecified atom stereocenters. The first-order valence-electron chi connectivity index (χ1n) is 11.4. The molecule has 1 aliphatic heterocycles. The van der Waals surface area contributed by atoms with Crippen LogP contribution in [0, 0.1) is 0 Å². The number of rotatable bonds is 6. The van der Waals surface area contributed by atoms with Crippen LogP contribution in [0.3, 0.4) is 0 Å². The summed E-state index contributed by atoms with van der Waals surface area (Å²) in [6, 6.07) is 28.1. The molecule has 5 rings (SSSR count). The van der Waals surface area contributed by atoms with Crippen LogP contribution in [-0.2, 0) is 13.1 Å². The Kier molecular flexibility index (Phi) is 6.98. The fourth-order valence-corrected chi connectivity index (χ4v) is 5.35. The average molecular weight is 515 g/mol. The highest BCUT2D eigenvalue weighted by Gasteiger charge is 2.28. The molecule has 4 aromatic carbocycles. The lowest BCUT2D eigenvalue weighted by atomic mass is 10.1. The molecule has 0 spiro atoms. The number of anilines is 1. The number of nitrogens with zero attached hydrogens (tertiary/aromatic N) is 1. The Morgan fingerprint density at radius 1 is 0.944 bits per heavy atom. The second kappa shape index (κ2) is 10.5. The van der Waals surface area contributed by atoms with Crippen molar-refractivity contribution in [2.75, 3.05) is 12.0 Å². The number of methoxy groups -OCH3 is 1. The molecule has 0 bridgehead atoms. The summed E-state index contributed by atoms with van der Waals surface area (Å²) in [5.41, 5.74) is 3.55. The third-order valence-electron chi connectivity index (χ3n) is 5.97. The van der Waals surface area contributed by atoms with Crippen LogP contribution >= 0.6 is 23.4 Å². The van der Waals surface area contributed by atoms with E-state index in [2.05, 4.69) is 5.32 Å². The average Bonchev–Trinajstić information content (AvgIpc) is 3.02. The predicted octanol–water partition coefficient (Wildman–Crippen LogP) is 6.59. The predicted molar refractivity (Wildman–Crippen MR) is 143 cm³/mol. The van der Waals surface area contributed by atoms with Gasteiger partial charge in [0.2, 0.25) is 0 Å². The van der Waals surface area contributed by atoms with Gasteiger partial charge in [-0.2, -0.15) is 0 Å². The second-order valence-corrected chi connectivity index (χ2v) is 9.79. The van der Waals surface area contributed by atoms with Gasteiger partial charge >= 0.3 is 0 Å². The SMILES string of the molecule is COc1cccc(CN2C(=O)c3ccccc3Sc3ccc(C(=O)NCc4ccccc4Cl)cc32)c1. The standard InChI is InChI=1S/C29H23ClN2O3S/c1-35-22-9-6-7-19(15-22)18-32-25-16-20(28(33)31-17-21-8-2-4-11-24(21)30)13-14-27(25)36-26-12-5-3-10-23(26)29(32)34/h2-16H,17-18H2,1H3,(H,31,33). The van der Waals surface area contributed by atoms with Crippen LogP contribution in [0.4, 0.5) is 5.69 Å². The number of fused-ring (bicyclic) bond motifs is 2. The van der Waals surface area contributed by atoms with Gasteiger partial charge in [0.15, 0.2) is 0 Å². The van der Waals surface area contributed by atoms with Crippen molar-refractivity contribution in [1.29, 1.82) is 0 Å². The quantitative estimate of drug-likeness (QED) is 0.315. The molecule has 180 valence electrons. The Balaban J connectivity index is 1.50. The number of nitrogens with one attached hydrogen (secondary N) is 1. The highest BCUT2D eigenvalue weighted by Crippen LogP contribution is 2.42. The summed E-state index contributed by atoms with van der Waals surface area (Å²) in [5, 5.41) is 3.54. The Hall–Kier alpha value is -3.74. The smallest absolute Gasteiger partial charge is 0.259 e. The molecule has 0 fully saturated rings. The summed E-state index contributed by atoms with van der Waals surface area (Å²) in [5.74, 6) is 0.365. The topological polar surface area (TPSA) is 58.6 Å². The van der Waals surface area contributed by atoms with E-state index >= 15 is 0 Å². The molecule has 1 N–H and O–H groups in total. The first kappa shape index (κ1) is 24.0. The monoisotopic (exact) mass is 514 g/mol. The minimum Gasteiger partial charge on any atom is -0.497 e. The van der Waals surface area contributed by atoms with E-state index in [1.807, 2.05) is 72.8 Å². The Labute approximate surface area is 219 Å². The van der Waals surface area contributed by atoms with Crippen molar-refractivity contribution in [2.45, 2.75) is 22.9 Å². The van der Waals surface area contributed by atoms with Crippen LogP contribution in [-0.4, -0.2) is 18.9 Å². The van der Waals surface area contributed by atoms with Gasteiger partial charge in [-0.05, 0) is 59.7 Å².